The molecule has 184 valence electrons. The number of nitrogens with two attached hydrogens (primary N) is 2. The summed E-state index contributed by atoms with van der Waals surface area (Å²) >= 11 is 0. The van der Waals surface area contributed by atoms with Gasteiger partial charge in [-0.2, -0.15) is 26.3 Å². The minimum Gasteiger partial charge on any atom is -0.330 e. The van der Waals surface area contributed by atoms with E-state index in [9.17, 15) is 26.3 Å². The molecule has 35 heavy (non-hydrogen) atoms. The summed E-state index contributed by atoms with van der Waals surface area (Å²) < 4.78 is 79.6. The maximum atomic E-state index is 13.3. The Hall–Kier alpha value is -3.24. The van der Waals surface area contributed by atoms with E-state index in [0.717, 1.165) is 24.3 Å². The average Bonchev–Trinajstić information content (AvgIpc) is 2.81. The number of fused-ring (bicyclic) bond motifs is 2. The molecule has 0 aliphatic heterocycles. The quantitative estimate of drug-likeness (QED) is 0.250. The Bertz CT molecular complexity index is 1270. The van der Waals surface area contributed by atoms with Crippen molar-refractivity contribution >= 4 is 21.8 Å². The van der Waals surface area contributed by atoms with Gasteiger partial charge in [-0.25, -0.2) is 0 Å². The molecule has 4 aromatic rings. The zero-order valence-electron chi connectivity index (χ0n) is 18.4. The lowest BCUT2D eigenvalue weighted by Gasteiger charge is -2.33. The van der Waals surface area contributed by atoms with Crippen LogP contribution < -0.4 is 11.5 Å². The molecule has 0 aliphatic carbocycles. The minimum absolute atomic E-state index is 0.115. The molecule has 2 aromatic carbocycles. The smallest absolute Gasteiger partial charge is 0.330 e. The lowest BCUT2D eigenvalue weighted by molar-refractivity contribution is -0.138. The van der Waals surface area contributed by atoms with Gasteiger partial charge in [0.25, 0.3) is 0 Å². The van der Waals surface area contributed by atoms with Crippen molar-refractivity contribution in [3.63, 3.8) is 0 Å². The van der Waals surface area contributed by atoms with Crippen LogP contribution in [0.2, 0.25) is 0 Å². The molecule has 0 saturated carbocycles. The van der Waals surface area contributed by atoms with Gasteiger partial charge in [-0.1, -0.05) is 12.1 Å². The largest absolute Gasteiger partial charge is 0.416 e. The van der Waals surface area contributed by atoms with E-state index in [-0.39, 0.29) is 11.0 Å². The van der Waals surface area contributed by atoms with E-state index in [1.54, 1.807) is 12.1 Å². The van der Waals surface area contributed by atoms with E-state index < -0.39 is 29.0 Å². The van der Waals surface area contributed by atoms with Crippen molar-refractivity contribution in [2.24, 2.45) is 11.5 Å². The summed E-state index contributed by atoms with van der Waals surface area (Å²) in [6, 6.07) is 9.77. The Morgan fingerprint density at radius 2 is 1.11 bits per heavy atom. The lowest BCUT2D eigenvalue weighted by atomic mass is 9.77. The summed E-state index contributed by atoms with van der Waals surface area (Å²) in [5.74, 6) is 0. The van der Waals surface area contributed by atoms with E-state index in [0.29, 0.717) is 47.7 Å². The molecule has 0 amide bonds. The van der Waals surface area contributed by atoms with Crippen LogP contribution in [0.3, 0.4) is 0 Å². The Morgan fingerprint density at radius 1 is 0.657 bits per heavy atom. The first kappa shape index (κ1) is 24.9. The van der Waals surface area contributed by atoms with Crippen LogP contribution in [0.25, 0.3) is 21.8 Å². The van der Waals surface area contributed by atoms with Crippen LogP contribution >= 0.6 is 0 Å². The Balaban J connectivity index is 1.95. The van der Waals surface area contributed by atoms with Crippen LogP contribution in [0.4, 0.5) is 26.3 Å². The molecule has 2 aromatic heterocycles. The molecular weight excluding hydrogens is 470 g/mol. The van der Waals surface area contributed by atoms with Gasteiger partial charge in [0.1, 0.15) is 0 Å². The molecule has 0 saturated heterocycles. The lowest BCUT2D eigenvalue weighted by Crippen LogP contribution is -2.38. The monoisotopic (exact) mass is 492 g/mol. The summed E-state index contributed by atoms with van der Waals surface area (Å²) in [5, 5.41) is 0.847. The van der Waals surface area contributed by atoms with Crippen molar-refractivity contribution < 1.29 is 26.3 Å². The van der Waals surface area contributed by atoms with E-state index >= 15 is 0 Å². The predicted molar refractivity (Wildman–Crippen MR) is 121 cm³/mol. The van der Waals surface area contributed by atoms with Gasteiger partial charge >= 0.3 is 12.4 Å². The molecule has 4 nitrogen and oxygen atoms in total. The third-order valence-electron chi connectivity index (χ3n) is 6.13. The molecule has 0 aliphatic rings. The van der Waals surface area contributed by atoms with E-state index in [1.165, 1.54) is 24.5 Å². The first-order valence-electron chi connectivity index (χ1n) is 10.9. The number of hydrogen-bond donors (Lipinski definition) is 2. The predicted octanol–water partition coefficient (Wildman–Crippen LogP) is 6.15. The van der Waals surface area contributed by atoms with Gasteiger partial charge in [0, 0.05) is 23.2 Å². The van der Waals surface area contributed by atoms with Gasteiger partial charge in [-0.15, -0.1) is 0 Å². The van der Waals surface area contributed by atoms with Crippen molar-refractivity contribution in [3.05, 3.63) is 83.2 Å². The Kier molecular flexibility index (Phi) is 6.46. The molecule has 0 atom stereocenters. The first-order valence-corrected chi connectivity index (χ1v) is 10.9. The number of unbranched alkanes of at least 4 members (excludes halogenated alkanes) is 1. The van der Waals surface area contributed by atoms with Crippen molar-refractivity contribution in [3.8, 4) is 0 Å². The van der Waals surface area contributed by atoms with Gasteiger partial charge in [-0.3, -0.25) is 9.97 Å². The van der Waals surface area contributed by atoms with Gasteiger partial charge in [0.05, 0.1) is 27.7 Å². The van der Waals surface area contributed by atoms with Crippen LogP contribution in [0, 0.1) is 0 Å². The summed E-state index contributed by atoms with van der Waals surface area (Å²) in [7, 11) is 0. The van der Waals surface area contributed by atoms with Crippen molar-refractivity contribution in [2.45, 2.75) is 37.2 Å². The number of halogens is 6. The minimum atomic E-state index is -4.54. The Labute approximate surface area is 197 Å². The number of aromatic nitrogens is 2. The zero-order chi connectivity index (χ0) is 25.4. The summed E-state index contributed by atoms with van der Waals surface area (Å²) in [4.78, 5) is 8.22. The van der Waals surface area contributed by atoms with Gasteiger partial charge < -0.3 is 11.5 Å². The SMILES string of the molecule is NCCCCC(N)(c1ccnc2cc(C(F)(F)F)ccc12)c1ccnc2cc(C(F)(F)F)ccc12. The highest BCUT2D eigenvalue weighted by Gasteiger charge is 2.36. The first-order chi connectivity index (χ1) is 16.4. The van der Waals surface area contributed by atoms with Crippen molar-refractivity contribution in [1.29, 1.82) is 0 Å². The van der Waals surface area contributed by atoms with Crippen LogP contribution in [0.1, 0.15) is 41.5 Å². The third-order valence-corrected chi connectivity index (χ3v) is 6.13. The molecular formula is C25H22F6N4. The van der Waals surface area contributed by atoms with E-state index in [4.69, 9.17) is 11.5 Å². The molecule has 0 fully saturated rings. The van der Waals surface area contributed by atoms with E-state index in [1.807, 2.05) is 0 Å². The maximum Gasteiger partial charge on any atom is 0.416 e. The second-order valence-corrected chi connectivity index (χ2v) is 8.39. The van der Waals surface area contributed by atoms with Crippen LogP contribution in [-0.2, 0) is 17.9 Å². The molecule has 0 spiro atoms. The average molecular weight is 492 g/mol. The highest BCUT2D eigenvalue weighted by Crippen LogP contribution is 2.41. The summed E-state index contributed by atoms with van der Waals surface area (Å²) in [6.45, 7) is 0.411. The number of nitrogens with zero attached hydrogens (tertiary/aromatic N) is 2. The third kappa shape index (κ3) is 4.81. The van der Waals surface area contributed by atoms with Crippen LogP contribution in [0.15, 0.2) is 60.9 Å². The highest BCUT2D eigenvalue weighted by molar-refractivity contribution is 5.88. The molecule has 2 heterocycles. The summed E-state index contributed by atoms with van der Waals surface area (Å²) in [5.41, 5.74) is 11.0. The number of hydrogen-bond acceptors (Lipinski definition) is 4. The fourth-order valence-electron chi connectivity index (χ4n) is 4.39. The van der Waals surface area contributed by atoms with Gasteiger partial charge in [0.2, 0.25) is 0 Å². The molecule has 4 N–H and O–H groups in total. The second-order valence-electron chi connectivity index (χ2n) is 8.39. The van der Waals surface area contributed by atoms with Crippen LogP contribution in [-0.4, -0.2) is 16.5 Å². The molecule has 0 radical (unpaired) electrons. The zero-order valence-corrected chi connectivity index (χ0v) is 18.4. The Morgan fingerprint density at radius 3 is 1.51 bits per heavy atom. The number of alkyl halides is 6. The van der Waals surface area contributed by atoms with Crippen molar-refractivity contribution in [2.75, 3.05) is 6.54 Å². The van der Waals surface area contributed by atoms with E-state index in [2.05, 4.69) is 9.97 Å². The maximum absolute atomic E-state index is 13.3. The molecule has 4 rings (SSSR count). The fourth-order valence-corrected chi connectivity index (χ4v) is 4.39. The number of pyridine rings is 2. The second kappa shape index (κ2) is 9.09. The highest BCUT2D eigenvalue weighted by atomic mass is 19.4. The standard InChI is InChI=1S/C25H22F6N4/c26-24(27,28)15-3-5-17-19(7-11-34-21(17)13-15)23(33,9-1-2-10-32)20-8-12-35-22-14-16(25(29,30)31)4-6-18(20)22/h3-8,11-14H,1-2,9-10,32-33H2. The number of benzene rings is 2. The molecule has 0 unspecified atom stereocenters. The normalized spacial score (nSPS) is 13.0. The molecule has 0 bridgehead atoms. The molecule has 10 heteroatoms. The van der Waals surface area contributed by atoms with Crippen LogP contribution in [0.5, 0.6) is 0 Å². The fraction of sp³-hybridized carbons (Fsp3) is 0.280. The summed E-state index contributed by atoms with van der Waals surface area (Å²) in [6.07, 6.45) is -4.73. The number of rotatable bonds is 6. The van der Waals surface area contributed by atoms with Crippen molar-refractivity contribution in [1.82, 2.24) is 9.97 Å². The topological polar surface area (TPSA) is 77.8 Å². The van der Waals surface area contributed by atoms with Gasteiger partial charge in [-0.05, 0) is 73.3 Å². The van der Waals surface area contributed by atoms with Gasteiger partial charge in [0.15, 0.2) is 0 Å².